The first-order valence-electron chi connectivity index (χ1n) is 10.6. The SMILES string of the molecule is CCOC(=O)Nc1cc(S(=O)(=O)c2cc(F)ccc2F)c(F)c(-c2nn(C)cc2-c2ccncc2)c1F. The van der Waals surface area contributed by atoms with Crippen molar-refractivity contribution in [3.05, 3.63) is 78.3 Å². The molecule has 1 amide bonds. The minimum atomic E-state index is -5.10. The molecule has 4 rings (SSSR count). The fourth-order valence-corrected chi connectivity index (χ4v) is 5.04. The maximum Gasteiger partial charge on any atom is 0.411 e. The highest BCUT2D eigenvalue weighted by molar-refractivity contribution is 7.91. The molecule has 0 bridgehead atoms. The Labute approximate surface area is 208 Å². The number of sulfone groups is 1. The Morgan fingerprint density at radius 1 is 1.03 bits per heavy atom. The minimum absolute atomic E-state index is 0.104. The van der Waals surface area contributed by atoms with Crippen LogP contribution in [0.4, 0.5) is 28.0 Å². The molecule has 1 N–H and O–H groups in total. The van der Waals surface area contributed by atoms with E-state index in [9.17, 15) is 22.0 Å². The number of aromatic nitrogens is 3. The van der Waals surface area contributed by atoms with Crippen molar-refractivity contribution >= 4 is 21.6 Å². The number of hydrogen-bond donors (Lipinski definition) is 1. The van der Waals surface area contributed by atoms with Crippen molar-refractivity contribution in [3.63, 3.8) is 0 Å². The highest BCUT2D eigenvalue weighted by Gasteiger charge is 2.33. The molecule has 2 aromatic carbocycles. The molecule has 8 nitrogen and oxygen atoms in total. The lowest BCUT2D eigenvalue weighted by Gasteiger charge is -2.15. The molecule has 0 spiro atoms. The van der Waals surface area contributed by atoms with E-state index in [1.54, 1.807) is 0 Å². The van der Waals surface area contributed by atoms with Crippen LogP contribution in [-0.2, 0) is 21.6 Å². The highest BCUT2D eigenvalue weighted by Crippen LogP contribution is 2.40. The lowest BCUT2D eigenvalue weighted by molar-refractivity contribution is 0.167. The summed E-state index contributed by atoms with van der Waals surface area (Å²) in [5.41, 5.74) is -1.36. The third kappa shape index (κ3) is 4.89. The van der Waals surface area contributed by atoms with Crippen LogP contribution < -0.4 is 5.32 Å². The van der Waals surface area contributed by atoms with Gasteiger partial charge in [0.1, 0.15) is 27.1 Å². The number of pyridine rings is 1. The highest BCUT2D eigenvalue weighted by atomic mass is 32.2. The maximum absolute atomic E-state index is 16.0. The molecule has 4 aromatic rings. The number of benzene rings is 2. The third-order valence-electron chi connectivity index (χ3n) is 5.21. The van der Waals surface area contributed by atoms with E-state index in [4.69, 9.17) is 4.74 Å². The summed E-state index contributed by atoms with van der Waals surface area (Å²) in [6.45, 7) is 1.37. The number of rotatable bonds is 6. The molecule has 13 heteroatoms. The van der Waals surface area contributed by atoms with E-state index in [1.165, 1.54) is 49.4 Å². The second-order valence-corrected chi connectivity index (χ2v) is 9.54. The molecule has 0 fully saturated rings. The van der Waals surface area contributed by atoms with Crippen molar-refractivity contribution in [1.29, 1.82) is 0 Å². The number of halogens is 4. The Kier molecular flexibility index (Phi) is 6.99. The van der Waals surface area contributed by atoms with Crippen molar-refractivity contribution in [2.75, 3.05) is 11.9 Å². The summed E-state index contributed by atoms with van der Waals surface area (Å²) in [4.78, 5) is 13.5. The van der Waals surface area contributed by atoms with E-state index >= 15 is 8.78 Å². The summed E-state index contributed by atoms with van der Waals surface area (Å²) < 4.78 is 92.5. The number of carbonyl (C=O) groups excluding carboxylic acids is 1. The van der Waals surface area contributed by atoms with Crippen LogP contribution in [0.3, 0.4) is 0 Å². The molecule has 192 valence electrons. The molecular formula is C24H18F4N4O4S. The Bertz CT molecular complexity index is 1610. The summed E-state index contributed by atoms with van der Waals surface area (Å²) in [7, 11) is -3.63. The first-order valence-corrected chi connectivity index (χ1v) is 12.1. The summed E-state index contributed by atoms with van der Waals surface area (Å²) >= 11 is 0. The Morgan fingerprint density at radius 2 is 1.73 bits per heavy atom. The predicted molar refractivity (Wildman–Crippen MR) is 124 cm³/mol. The third-order valence-corrected chi connectivity index (χ3v) is 6.98. The van der Waals surface area contributed by atoms with Gasteiger partial charge in [0.25, 0.3) is 0 Å². The van der Waals surface area contributed by atoms with Gasteiger partial charge in [0.15, 0.2) is 11.6 Å². The first-order chi connectivity index (χ1) is 17.5. The largest absolute Gasteiger partial charge is 0.450 e. The van der Waals surface area contributed by atoms with E-state index in [0.717, 1.165) is 0 Å². The van der Waals surface area contributed by atoms with Gasteiger partial charge in [-0.25, -0.2) is 30.8 Å². The van der Waals surface area contributed by atoms with Crippen molar-refractivity contribution in [1.82, 2.24) is 14.8 Å². The van der Waals surface area contributed by atoms with Crippen LogP contribution in [0.25, 0.3) is 22.4 Å². The molecule has 37 heavy (non-hydrogen) atoms. The van der Waals surface area contributed by atoms with Crippen LogP contribution in [0.15, 0.2) is 64.8 Å². The van der Waals surface area contributed by atoms with Gasteiger partial charge in [-0.2, -0.15) is 5.10 Å². The second-order valence-electron chi connectivity index (χ2n) is 7.65. The zero-order chi connectivity index (χ0) is 26.9. The summed E-state index contributed by atoms with van der Waals surface area (Å²) in [5.74, 6) is -5.44. The summed E-state index contributed by atoms with van der Waals surface area (Å²) in [6, 6.07) is 5.16. The number of aryl methyl sites for hydroxylation is 1. The molecule has 0 saturated carbocycles. The van der Waals surface area contributed by atoms with Crippen LogP contribution in [-0.4, -0.2) is 35.9 Å². The smallest absolute Gasteiger partial charge is 0.411 e. The molecule has 0 aliphatic rings. The minimum Gasteiger partial charge on any atom is -0.450 e. The van der Waals surface area contributed by atoms with E-state index < -0.39 is 60.2 Å². The number of hydrogen-bond acceptors (Lipinski definition) is 6. The molecule has 0 aliphatic heterocycles. The fraction of sp³-hybridized carbons (Fsp3) is 0.125. The molecule has 0 atom stereocenters. The van der Waals surface area contributed by atoms with Gasteiger partial charge in [-0.3, -0.25) is 15.0 Å². The van der Waals surface area contributed by atoms with E-state index in [0.29, 0.717) is 29.8 Å². The normalized spacial score (nSPS) is 11.4. The number of nitrogens with one attached hydrogen (secondary N) is 1. The van der Waals surface area contributed by atoms with Crippen molar-refractivity contribution in [2.24, 2.45) is 7.05 Å². The van der Waals surface area contributed by atoms with Crippen LogP contribution in [0.2, 0.25) is 0 Å². The monoisotopic (exact) mass is 534 g/mol. The zero-order valence-corrected chi connectivity index (χ0v) is 20.1. The number of nitrogens with zero attached hydrogens (tertiary/aromatic N) is 3. The molecule has 2 aromatic heterocycles. The number of anilines is 1. The van der Waals surface area contributed by atoms with Gasteiger partial charge in [-0.1, -0.05) is 0 Å². The molecule has 0 radical (unpaired) electrons. The van der Waals surface area contributed by atoms with Gasteiger partial charge < -0.3 is 4.74 Å². The van der Waals surface area contributed by atoms with Crippen LogP contribution in [0.1, 0.15) is 6.92 Å². The van der Waals surface area contributed by atoms with Gasteiger partial charge in [-0.05, 0) is 48.9 Å². The molecule has 0 aliphatic carbocycles. The van der Waals surface area contributed by atoms with Gasteiger partial charge >= 0.3 is 6.09 Å². The summed E-state index contributed by atoms with van der Waals surface area (Å²) in [5, 5.41) is 6.13. The number of carbonyl (C=O) groups is 1. The van der Waals surface area contributed by atoms with Crippen molar-refractivity contribution in [3.8, 4) is 22.4 Å². The molecule has 0 unspecified atom stereocenters. The molecular weight excluding hydrogens is 516 g/mol. The standard InChI is InChI=1S/C24H18F4N4O4S/c1-3-36-24(33)30-17-11-19(37(34,35)18-10-14(25)4-5-16(18)26)22(28)20(21(17)27)23-15(12-32(2)31-23)13-6-8-29-9-7-13/h4-12H,3H2,1-2H3,(H,30,33). The summed E-state index contributed by atoms with van der Waals surface area (Å²) in [6.07, 6.45) is 3.14. The maximum atomic E-state index is 16.0. The fourth-order valence-electron chi connectivity index (χ4n) is 3.60. The van der Waals surface area contributed by atoms with Crippen molar-refractivity contribution in [2.45, 2.75) is 16.7 Å². The molecule has 2 heterocycles. The first kappa shape index (κ1) is 25.8. The number of amides is 1. The number of ether oxygens (including phenoxy) is 1. The van der Waals surface area contributed by atoms with Gasteiger partial charge in [0.05, 0.1) is 17.9 Å². The van der Waals surface area contributed by atoms with Crippen LogP contribution >= 0.6 is 0 Å². The van der Waals surface area contributed by atoms with Crippen LogP contribution in [0.5, 0.6) is 0 Å². The zero-order valence-electron chi connectivity index (χ0n) is 19.3. The van der Waals surface area contributed by atoms with Gasteiger partial charge in [0, 0.05) is 31.2 Å². The van der Waals surface area contributed by atoms with Gasteiger partial charge in [0.2, 0.25) is 9.84 Å². The van der Waals surface area contributed by atoms with Crippen molar-refractivity contribution < 1.29 is 35.5 Å². The van der Waals surface area contributed by atoms with E-state index in [-0.39, 0.29) is 17.9 Å². The lowest BCUT2D eigenvalue weighted by Crippen LogP contribution is -2.17. The Morgan fingerprint density at radius 3 is 2.41 bits per heavy atom. The predicted octanol–water partition coefficient (Wildman–Crippen LogP) is 5.11. The molecule has 0 saturated heterocycles. The Hall–Kier alpha value is -4.26. The van der Waals surface area contributed by atoms with Crippen LogP contribution in [0, 0.1) is 23.3 Å². The van der Waals surface area contributed by atoms with E-state index in [2.05, 4.69) is 10.1 Å². The van der Waals surface area contributed by atoms with Gasteiger partial charge in [-0.15, -0.1) is 0 Å². The average molecular weight is 534 g/mol. The topological polar surface area (TPSA) is 103 Å². The average Bonchev–Trinajstić information content (AvgIpc) is 3.24. The Balaban J connectivity index is 2.04. The van der Waals surface area contributed by atoms with E-state index in [1.807, 2.05) is 5.32 Å². The lowest BCUT2D eigenvalue weighted by atomic mass is 10.0. The quantitative estimate of drug-likeness (QED) is 0.273. The second kappa shape index (κ2) is 10.0.